The summed E-state index contributed by atoms with van der Waals surface area (Å²) < 4.78 is 12.7. The van der Waals surface area contributed by atoms with E-state index in [2.05, 4.69) is 20.7 Å². The van der Waals surface area contributed by atoms with Crippen molar-refractivity contribution in [1.82, 2.24) is 9.97 Å². The minimum Gasteiger partial charge on any atom is -0.365 e. The van der Waals surface area contributed by atoms with Gasteiger partial charge in [0.25, 0.3) is 0 Å². The van der Waals surface area contributed by atoms with Crippen molar-refractivity contribution in [3.63, 3.8) is 0 Å². The van der Waals surface area contributed by atoms with Crippen molar-refractivity contribution in [2.75, 3.05) is 10.7 Å². The molecule has 0 fully saturated rings. The van der Waals surface area contributed by atoms with Gasteiger partial charge in [-0.05, 0) is 17.7 Å². The Morgan fingerprint density at radius 3 is 2.67 bits per heavy atom. The van der Waals surface area contributed by atoms with E-state index in [9.17, 15) is 4.39 Å². The first-order chi connectivity index (χ1) is 8.69. The quantitative estimate of drug-likeness (QED) is 0.585. The summed E-state index contributed by atoms with van der Waals surface area (Å²) in [7, 11) is 0. The molecule has 1 heterocycles. The van der Waals surface area contributed by atoms with E-state index >= 15 is 0 Å². The highest BCUT2D eigenvalue weighted by Crippen LogP contribution is 2.19. The molecule has 0 unspecified atom stereocenters. The van der Waals surface area contributed by atoms with Crippen LogP contribution in [-0.2, 0) is 6.54 Å². The summed E-state index contributed by atoms with van der Waals surface area (Å²) in [5, 5.41) is 3.41. The molecule has 0 saturated heterocycles. The lowest BCUT2D eigenvalue weighted by Gasteiger charge is -2.08. The van der Waals surface area contributed by atoms with E-state index in [0.717, 1.165) is 5.56 Å². The van der Waals surface area contributed by atoms with Crippen molar-refractivity contribution in [1.29, 1.82) is 0 Å². The van der Waals surface area contributed by atoms with Crippen LogP contribution in [0.2, 0.25) is 5.02 Å². The zero-order chi connectivity index (χ0) is 13.0. The van der Waals surface area contributed by atoms with Crippen LogP contribution < -0.4 is 16.6 Å². The van der Waals surface area contributed by atoms with E-state index < -0.39 is 0 Å². The largest absolute Gasteiger partial charge is 0.365 e. The monoisotopic (exact) mass is 267 g/mol. The average molecular weight is 268 g/mol. The molecule has 0 aliphatic rings. The Kier molecular flexibility index (Phi) is 3.91. The van der Waals surface area contributed by atoms with Crippen LogP contribution in [0.15, 0.2) is 30.5 Å². The number of aromatic nitrogens is 2. The Morgan fingerprint density at radius 1 is 1.28 bits per heavy atom. The fourth-order valence-electron chi connectivity index (χ4n) is 1.35. The molecule has 18 heavy (non-hydrogen) atoms. The highest BCUT2D eigenvalue weighted by atomic mass is 35.5. The lowest BCUT2D eigenvalue weighted by molar-refractivity contribution is 0.627. The first-order valence-corrected chi connectivity index (χ1v) is 5.54. The smallest absolute Gasteiger partial charge is 0.239 e. The number of hydrogen-bond donors (Lipinski definition) is 3. The van der Waals surface area contributed by atoms with E-state index in [0.29, 0.717) is 17.4 Å². The van der Waals surface area contributed by atoms with Crippen LogP contribution in [0.25, 0.3) is 0 Å². The van der Waals surface area contributed by atoms with E-state index in [-0.39, 0.29) is 11.8 Å². The van der Waals surface area contributed by atoms with Crippen molar-refractivity contribution < 1.29 is 4.39 Å². The third kappa shape index (κ3) is 3.06. The first-order valence-electron chi connectivity index (χ1n) is 5.16. The number of rotatable bonds is 4. The van der Waals surface area contributed by atoms with Gasteiger partial charge in [0, 0.05) is 6.54 Å². The summed E-state index contributed by atoms with van der Waals surface area (Å²) in [5.74, 6) is 5.66. The number of halogens is 2. The molecular weight excluding hydrogens is 257 g/mol. The van der Waals surface area contributed by atoms with Crippen LogP contribution in [0.4, 0.5) is 16.2 Å². The van der Waals surface area contributed by atoms with Gasteiger partial charge < -0.3 is 5.32 Å². The molecule has 0 radical (unpaired) electrons. The summed E-state index contributed by atoms with van der Waals surface area (Å²) in [6, 6.07) is 6.15. The Morgan fingerprint density at radius 2 is 2.00 bits per heavy atom. The van der Waals surface area contributed by atoms with Gasteiger partial charge in [-0.1, -0.05) is 23.7 Å². The number of hydrazine groups is 1. The second-order valence-corrected chi connectivity index (χ2v) is 3.92. The second kappa shape index (κ2) is 5.61. The maximum Gasteiger partial charge on any atom is 0.239 e. The molecule has 0 amide bonds. The first kappa shape index (κ1) is 12.5. The van der Waals surface area contributed by atoms with Crippen molar-refractivity contribution in [3.05, 3.63) is 46.9 Å². The van der Waals surface area contributed by atoms with Gasteiger partial charge in [0.15, 0.2) is 5.82 Å². The number of hydrogen-bond acceptors (Lipinski definition) is 5. The summed E-state index contributed by atoms with van der Waals surface area (Å²) >= 11 is 5.93. The molecule has 4 N–H and O–H groups in total. The average Bonchev–Trinajstić information content (AvgIpc) is 2.40. The van der Waals surface area contributed by atoms with Gasteiger partial charge >= 0.3 is 0 Å². The van der Waals surface area contributed by atoms with E-state index in [1.54, 1.807) is 12.1 Å². The second-order valence-electron chi connectivity index (χ2n) is 3.51. The molecule has 0 aliphatic carbocycles. The molecule has 0 aliphatic heterocycles. The fourth-order valence-corrected chi connectivity index (χ4v) is 1.51. The molecule has 2 aromatic rings. The van der Waals surface area contributed by atoms with Crippen molar-refractivity contribution in [2.24, 2.45) is 5.84 Å². The topological polar surface area (TPSA) is 75.9 Å². The zero-order valence-electron chi connectivity index (χ0n) is 9.32. The molecule has 0 bridgehead atoms. The maximum atomic E-state index is 12.7. The number of nitrogens with zero attached hydrogens (tertiary/aromatic N) is 2. The SMILES string of the molecule is NNc1ncc(Cl)c(NCc2ccc(F)cc2)n1. The fraction of sp³-hybridized carbons (Fsp3) is 0.0909. The molecule has 0 atom stereocenters. The molecular formula is C11H11ClFN5. The predicted octanol–water partition coefficient (Wildman–Crippen LogP) is 2.17. The zero-order valence-corrected chi connectivity index (χ0v) is 10.1. The highest BCUT2D eigenvalue weighted by Gasteiger charge is 2.04. The van der Waals surface area contributed by atoms with Gasteiger partial charge in [-0.15, -0.1) is 0 Å². The van der Waals surface area contributed by atoms with Crippen molar-refractivity contribution >= 4 is 23.4 Å². The summed E-state index contributed by atoms with van der Waals surface area (Å²) in [6.07, 6.45) is 1.44. The molecule has 0 spiro atoms. The van der Waals surface area contributed by atoms with Gasteiger partial charge in [-0.25, -0.2) is 15.2 Å². The van der Waals surface area contributed by atoms with Crippen LogP contribution in [-0.4, -0.2) is 9.97 Å². The van der Waals surface area contributed by atoms with Crippen LogP contribution in [0.1, 0.15) is 5.56 Å². The maximum absolute atomic E-state index is 12.7. The Labute approximate surface area is 108 Å². The summed E-state index contributed by atoms with van der Waals surface area (Å²) in [5.41, 5.74) is 3.24. The number of nitrogens with one attached hydrogen (secondary N) is 2. The lowest BCUT2D eigenvalue weighted by atomic mass is 10.2. The van der Waals surface area contributed by atoms with Gasteiger partial charge in [0.05, 0.1) is 6.20 Å². The molecule has 94 valence electrons. The third-order valence-corrected chi connectivity index (χ3v) is 2.52. The lowest BCUT2D eigenvalue weighted by Crippen LogP contribution is -2.12. The molecule has 5 nitrogen and oxygen atoms in total. The van der Waals surface area contributed by atoms with E-state index in [1.807, 2.05) is 0 Å². The highest BCUT2D eigenvalue weighted by molar-refractivity contribution is 6.32. The Hall–Kier alpha value is -1.92. The summed E-state index contributed by atoms with van der Waals surface area (Å²) in [4.78, 5) is 7.91. The molecule has 1 aromatic heterocycles. The standard InChI is InChI=1S/C11H11ClFN5/c12-9-6-16-11(18-14)17-10(9)15-5-7-1-3-8(13)4-2-7/h1-4,6H,5,14H2,(H2,15,16,17,18). The number of nitrogen functional groups attached to an aromatic ring is 1. The summed E-state index contributed by atoms with van der Waals surface area (Å²) in [6.45, 7) is 0.473. The Balaban J connectivity index is 2.07. The van der Waals surface area contributed by atoms with Crippen LogP contribution >= 0.6 is 11.6 Å². The molecule has 2 rings (SSSR count). The number of anilines is 2. The van der Waals surface area contributed by atoms with Gasteiger partial charge in [-0.2, -0.15) is 4.98 Å². The number of benzene rings is 1. The molecule has 0 saturated carbocycles. The third-order valence-electron chi connectivity index (χ3n) is 2.25. The van der Waals surface area contributed by atoms with Crippen molar-refractivity contribution in [3.8, 4) is 0 Å². The van der Waals surface area contributed by atoms with Gasteiger partial charge in [0.1, 0.15) is 10.8 Å². The van der Waals surface area contributed by atoms with Crippen LogP contribution in [0.3, 0.4) is 0 Å². The van der Waals surface area contributed by atoms with Gasteiger partial charge in [0.2, 0.25) is 5.95 Å². The van der Waals surface area contributed by atoms with Crippen LogP contribution in [0, 0.1) is 5.82 Å². The van der Waals surface area contributed by atoms with E-state index in [4.69, 9.17) is 17.4 Å². The van der Waals surface area contributed by atoms with Crippen LogP contribution in [0.5, 0.6) is 0 Å². The predicted molar refractivity (Wildman–Crippen MR) is 68.6 cm³/mol. The van der Waals surface area contributed by atoms with Gasteiger partial charge in [-0.3, -0.25) is 5.43 Å². The number of nitrogens with two attached hydrogens (primary N) is 1. The minimum atomic E-state index is -0.270. The minimum absolute atomic E-state index is 0.265. The van der Waals surface area contributed by atoms with E-state index in [1.165, 1.54) is 18.3 Å². The van der Waals surface area contributed by atoms with Crippen molar-refractivity contribution in [2.45, 2.75) is 6.54 Å². The molecule has 7 heteroatoms. The Bertz CT molecular complexity index is 531. The normalized spacial score (nSPS) is 10.2. The molecule has 1 aromatic carbocycles.